The number of methoxy groups -OCH3 is 1. The number of hydrogen-bond acceptors (Lipinski definition) is 5. The van der Waals surface area contributed by atoms with Crippen LogP contribution in [0.25, 0.3) is 0 Å². The smallest absolute Gasteiger partial charge is 0.326 e. The number of carbonyl (C=O) groups is 1. The van der Waals surface area contributed by atoms with Crippen LogP contribution in [0.15, 0.2) is 60.7 Å². The van der Waals surface area contributed by atoms with Crippen molar-refractivity contribution >= 4 is 5.97 Å². The highest BCUT2D eigenvalue weighted by Gasteiger charge is 2.54. The van der Waals surface area contributed by atoms with E-state index in [0.29, 0.717) is 12.8 Å². The summed E-state index contributed by atoms with van der Waals surface area (Å²) in [4.78, 5) is 23.8. The Labute approximate surface area is 152 Å². The number of nitrogens with one attached hydrogen (secondary N) is 1. The van der Waals surface area contributed by atoms with Crippen LogP contribution in [0.3, 0.4) is 0 Å². The van der Waals surface area contributed by atoms with Crippen molar-refractivity contribution in [2.24, 2.45) is 0 Å². The van der Waals surface area contributed by atoms with Crippen molar-refractivity contribution in [3.05, 3.63) is 81.9 Å². The van der Waals surface area contributed by atoms with Crippen LogP contribution in [0.5, 0.6) is 0 Å². The molecule has 3 rings (SSSR count). The van der Waals surface area contributed by atoms with Crippen LogP contribution in [-0.4, -0.2) is 30.1 Å². The highest BCUT2D eigenvalue weighted by Crippen LogP contribution is 2.42. The first-order valence-corrected chi connectivity index (χ1v) is 8.64. The Morgan fingerprint density at radius 1 is 1.23 bits per heavy atom. The summed E-state index contributed by atoms with van der Waals surface area (Å²) in [6.07, 6.45) is 1.19. The van der Waals surface area contributed by atoms with Gasteiger partial charge in [-0.2, -0.15) is 0 Å². The first-order chi connectivity index (χ1) is 12.6. The lowest BCUT2D eigenvalue weighted by Crippen LogP contribution is -2.55. The van der Waals surface area contributed by atoms with Crippen LogP contribution in [0.1, 0.15) is 35.9 Å². The van der Waals surface area contributed by atoms with E-state index in [1.165, 1.54) is 7.11 Å². The monoisotopic (exact) mass is 354 g/mol. The molecule has 1 unspecified atom stereocenters. The molecule has 0 radical (unpaired) electrons. The van der Waals surface area contributed by atoms with E-state index in [1.54, 1.807) is 0 Å². The second kappa shape index (κ2) is 7.66. The molecular weight excluding hydrogens is 332 g/mol. The van der Waals surface area contributed by atoms with Crippen LogP contribution in [0, 0.1) is 10.1 Å². The maximum absolute atomic E-state index is 12.8. The minimum absolute atomic E-state index is 0.0479. The normalized spacial score (nSPS) is 23.3. The molecule has 136 valence electrons. The van der Waals surface area contributed by atoms with Gasteiger partial charge in [0.05, 0.1) is 13.0 Å². The summed E-state index contributed by atoms with van der Waals surface area (Å²) in [5.41, 5.74) is 0.700. The van der Waals surface area contributed by atoms with Gasteiger partial charge in [0.1, 0.15) is 5.54 Å². The van der Waals surface area contributed by atoms with Crippen LogP contribution in [0.4, 0.5) is 0 Å². The Morgan fingerprint density at radius 3 is 2.42 bits per heavy atom. The van der Waals surface area contributed by atoms with E-state index in [-0.39, 0.29) is 17.5 Å². The summed E-state index contributed by atoms with van der Waals surface area (Å²) >= 11 is 0. The fraction of sp³-hybridized carbons (Fsp3) is 0.350. The van der Waals surface area contributed by atoms with Crippen molar-refractivity contribution in [2.45, 2.75) is 30.3 Å². The molecule has 0 aromatic heterocycles. The summed E-state index contributed by atoms with van der Waals surface area (Å²) in [6.45, 7) is -0.340. The molecule has 26 heavy (non-hydrogen) atoms. The largest absolute Gasteiger partial charge is 0.468 e. The van der Waals surface area contributed by atoms with Gasteiger partial charge in [0, 0.05) is 11.0 Å². The molecule has 0 amide bonds. The zero-order valence-corrected chi connectivity index (χ0v) is 14.6. The maximum atomic E-state index is 12.8. The van der Waals surface area contributed by atoms with E-state index >= 15 is 0 Å². The summed E-state index contributed by atoms with van der Waals surface area (Å²) in [5.74, 6) is -1.06. The predicted molar refractivity (Wildman–Crippen MR) is 97.3 cm³/mol. The van der Waals surface area contributed by atoms with Gasteiger partial charge in [0.2, 0.25) is 6.54 Å². The third-order valence-electron chi connectivity index (χ3n) is 5.14. The summed E-state index contributed by atoms with van der Waals surface area (Å²) in [5, 5.41) is 14.8. The number of esters is 1. The average Bonchev–Trinajstić information content (AvgIpc) is 3.13. The van der Waals surface area contributed by atoms with Crippen molar-refractivity contribution in [3.63, 3.8) is 0 Å². The van der Waals surface area contributed by atoms with Crippen LogP contribution in [0.2, 0.25) is 0 Å². The van der Waals surface area contributed by atoms with Gasteiger partial charge in [0.25, 0.3) is 0 Å². The third kappa shape index (κ3) is 3.46. The molecule has 1 heterocycles. The van der Waals surface area contributed by atoms with Crippen LogP contribution < -0.4 is 5.32 Å². The fourth-order valence-electron chi connectivity index (χ4n) is 3.90. The molecule has 0 aliphatic carbocycles. The Morgan fingerprint density at radius 2 is 1.85 bits per heavy atom. The molecule has 1 fully saturated rings. The van der Waals surface area contributed by atoms with Gasteiger partial charge in [-0.25, -0.2) is 0 Å². The van der Waals surface area contributed by atoms with Crippen LogP contribution >= 0.6 is 0 Å². The molecule has 2 aromatic rings. The average molecular weight is 354 g/mol. The fourth-order valence-corrected chi connectivity index (χ4v) is 3.90. The van der Waals surface area contributed by atoms with Gasteiger partial charge in [0.15, 0.2) is 0 Å². The molecule has 2 aromatic carbocycles. The van der Waals surface area contributed by atoms with Crippen molar-refractivity contribution in [3.8, 4) is 0 Å². The van der Waals surface area contributed by atoms with Gasteiger partial charge in [-0.1, -0.05) is 60.7 Å². The number of nitro groups is 1. The second-order valence-corrected chi connectivity index (χ2v) is 6.59. The van der Waals surface area contributed by atoms with Gasteiger partial charge >= 0.3 is 5.97 Å². The number of carbonyl (C=O) groups excluding carboxylic acids is 1. The van der Waals surface area contributed by atoms with Gasteiger partial charge < -0.3 is 4.74 Å². The Kier molecular flexibility index (Phi) is 5.32. The van der Waals surface area contributed by atoms with Crippen LogP contribution in [-0.2, 0) is 9.53 Å². The van der Waals surface area contributed by atoms with Crippen molar-refractivity contribution in [1.82, 2.24) is 5.32 Å². The molecule has 1 aliphatic rings. The van der Waals surface area contributed by atoms with Crippen molar-refractivity contribution in [1.29, 1.82) is 0 Å². The molecule has 6 nitrogen and oxygen atoms in total. The minimum Gasteiger partial charge on any atom is -0.468 e. The number of hydrogen-bond donors (Lipinski definition) is 1. The molecule has 0 bridgehead atoms. The summed E-state index contributed by atoms with van der Waals surface area (Å²) in [6, 6.07) is 18.9. The highest BCUT2D eigenvalue weighted by molar-refractivity contribution is 5.83. The lowest BCUT2D eigenvalue weighted by atomic mass is 9.78. The van der Waals surface area contributed by atoms with Gasteiger partial charge in [-0.3, -0.25) is 20.2 Å². The second-order valence-electron chi connectivity index (χ2n) is 6.59. The van der Waals surface area contributed by atoms with E-state index in [4.69, 9.17) is 4.74 Å². The lowest BCUT2D eigenvalue weighted by Gasteiger charge is -2.34. The molecule has 0 spiro atoms. The molecule has 6 heteroatoms. The lowest BCUT2D eigenvalue weighted by molar-refractivity contribution is -0.485. The standard InChI is InChI=1S/C20H22N2O4/c1-26-19(23)20(13-12-18(21-20)16-10-6-3-7-11-16)17(14-22(24)25)15-8-4-2-5-9-15/h2-11,17-18,21H,12-14H2,1H3/t17-,18?,20-/m0/s1. The SMILES string of the molecule is COC(=O)[C@@]1([C@@H](C[N+](=O)[O-])c2ccccc2)CCC(c2ccccc2)N1. The topological polar surface area (TPSA) is 81.5 Å². The minimum atomic E-state index is -1.12. The number of benzene rings is 2. The summed E-state index contributed by atoms with van der Waals surface area (Å²) < 4.78 is 5.08. The molecule has 1 N–H and O–H groups in total. The van der Waals surface area contributed by atoms with E-state index in [9.17, 15) is 14.9 Å². The zero-order chi connectivity index (χ0) is 18.6. The van der Waals surface area contributed by atoms with Crippen molar-refractivity contribution < 1.29 is 14.5 Å². The molecule has 1 saturated heterocycles. The number of rotatable bonds is 6. The maximum Gasteiger partial charge on any atom is 0.326 e. The number of nitrogens with zero attached hydrogens (tertiary/aromatic N) is 1. The van der Waals surface area contributed by atoms with E-state index in [1.807, 2.05) is 60.7 Å². The molecule has 1 aliphatic heterocycles. The Hall–Kier alpha value is -2.73. The van der Waals surface area contributed by atoms with Crippen molar-refractivity contribution in [2.75, 3.05) is 13.7 Å². The number of ether oxygens (including phenoxy) is 1. The predicted octanol–water partition coefficient (Wildman–Crippen LogP) is 3.08. The molecule has 0 saturated carbocycles. The molecular formula is C20H22N2O4. The van der Waals surface area contributed by atoms with E-state index < -0.39 is 17.4 Å². The van der Waals surface area contributed by atoms with E-state index in [2.05, 4.69) is 5.32 Å². The highest BCUT2D eigenvalue weighted by atomic mass is 16.6. The summed E-state index contributed by atoms with van der Waals surface area (Å²) in [7, 11) is 1.33. The molecule has 3 atom stereocenters. The first-order valence-electron chi connectivity index (χ1n) is 8.64. The van der Waals surface area contributed by atoms with Gasteiger partial charge in [-0.15, -0.1) is 0 Å². The third-order valence-corrected chi connectivity index (χ3v) is 5.14. The Balaban J connectivity index is 2.01. The van der Waals surface area contributed by atoms with E-state index in [0.717, 1.165) is 11.1 Å². The van der Waals surface area contributed by atoms with Gasteiger partial charge in [-0.05, 0) is 24.0 Å². The quantitative estimate of drug-likeness (QED) is 0.490. The Bertz CT molecular complexity index is 766. The first kappa shape index (κ1) is 18.1. The zero-order valence-electron chi connectivity index (χ0n) is 14.6.